The number of halogens is 3. The molecule has 1 N–H and O–H groups in total. The fourth-order valence-electron chi connectivity index (χ4n) is 1.25. The molecule has 0 aliphatic heterocycles. The lowest BCUT2D eigenvalue weighted by Crippen LogP contribution is -2.10. The van der Waals surface area contributed by atoms with Crippen LogP contribution in [0, 0.1) is 6.92 Å². The number of hydrogen-bond donors (Lipinski definition) is 1. The molecule has 0 aromatic carbocycles. The Labute approximate surface area is 105 Å². The first-order chi connectivity index (χ1) is 8.45. The molecule has 0 saturated heterocycles. The van der Waals surface area contributed by atoms with E-state index in [1.165, 1.54) is 17.4 Å². The molecule has 8 heteroatoms. The third kappa shape index (κ3) is 3.16. The number of alkyl halides is 3. The maximum Gasteiger partial charge on any atom is 0.435 e. The number of anilines is 1. The standard InChI is InChI=1S/C10H9F3N4S/c1-6-15-7(5-18-6)4-14-9-3-2-8(16-17-9)10(11,12)13/h2-3,5H,4H2,1H3,(H,14,17). The van der Waals surface area contributed by atoms with Gasteiger partial charge in [-0.1, -0.05) is 0 Å². The van der Waals surface area contributed by atoms with Crippen LogP contribution in [-0.4, -0.2) is 15.2 Å². The average Bonchev–Trinajstić information content (AvgIpc) is 2.72. The van der Waals surface area contributed by atoms with Crippen molar-refractivity contribution in [3.8, 4) is 0 Å². The Morgan fingerprint density at radius 3 is 2.56 bits per heavy atom. The molecular formula is C10H9F3N4S. The van der Waals surface area contributed by atoms with Crippen molar-refractivity contribution in [1.82, 2.24) is 15.2 Å². The SMILES string of the molecule is Cc1nc(CNc2ccc(C(F)(F)F)nn2)cs1. The van der Waals surface area contributed by atoms with Crippen molar-refractivity contribution in [2.24, 2.45) is 0 Å². The molecule has 0 spiro atoms. The van der Waals surface area contributed by atoms with Gasteiger partial charge < -0.3 is 5.32 Å². The van der Waals surface area contributed by atoms with E-state index in [4.69, 9.17) is 0 Å². The maximum absolute atomic E-state index is 12.2. The van der Waals surface area contributed by atoms with Crippen molar-refractivity contribution in [2.45, 2.75) is 19.6 Å². The van der Waals surface area contributed by atoms with E-state index >= 15 is 0 Å². The van der Waals surface area contributed by atoms with Crippen LogP contribution >= 0.6 is 11.3 Å². The first-order valence-corrected chi connectivity index (χ1v) is 5.89. The van der Waals surface area contributed by atoms with Gasteiger partial charge in [-0.2, -0.15) is 13.2 Å². The second-order valence-electron chi connectivity index (χ2n) is 3.51. The van der Waals surface area contributed by atoms with E-state index in [2.05, 4.69) is 20.5 Å². The van der Waals surface area contributed by atoms with Gasteiger partial charge in [0.05, 0.1) is 17.2 Å². The molecule has 0 amide bonds. The predicted molar refractivity (Wildman–Crippen MR) is 61.2 cm³/mol. The van der Waals surface area contributed by atoms with Gasteiger partial charge in [0.2, 0.25) is 0 Å². The molecule has 0 unspecified atom stereocenters. The van der Waals surface area contributed by atoms with Gasteiger partial charge in [-0.25, -0.2) is 4.98 Å². The van der Waals surface area contributed by atoms with Crippen LogP contribution in [0.4, 0.5) is 19.0 Å². The Morgan fingerprint density at radius 1 is 1.28 bits per heavy atom. The number of aromatic nitrogens is 3. The summed E-state index contributed by atoms with van der Waals surface area (Å²) in [7, 11) is 0. The molecule has 0 radical (unpaired) electrons. The molecule has 2 heterocycles. The first kappa shape index (κ1) is 12.7. The normalized spacial score (nSPS) is 11.6. The molecule has 18 heavy (non-hydrogen) atoms. The molecule has 0 saturated carbocycles. The first-order valence-electron chi connectivity index (χ1n) is 5.01. The van der Waals surface area contributed by atoms with Crippen LogP contribution in [0.15, 0.2) is 17.5 Å². The van der Waals surface area contributed by atoms with E-state index in [1.807, 2.05) is 12.3 Å². The van der Waals surface area contributed by atoms with Crippen LogP contribution in [0.25, 0.3) is 0 Å². The fraction of sp³-hybridized carbons (Fsp3) is 0.300. The van der Waals surface area contributed by atoms with E-state index in [0.717, 1.165) is 16.8 Å². The summed E-state index contributed by atoms with van der Waals surface area (Å²) in [5.41, 5.74) is -0.184. The second-order valence-corrected chi connectivity index (χ2v) is 4.58. The zero-order valence-electron chi connectivity index (χ0n) is 9.32. The topological polar surface area (TPSA) is 50.7 Å². The molecule has 0 fully saturated rings. The summed E-state index contributed by atoms with van der Waals surface area (Å²) < 4.78 is 36.7. The average molecular weight is 274 g/mol. The summed E-state index contributed by atoms with van der Waals surface area (Å²) in [6, 6.07) is 2.14. The second kappa shape index (κ2) is 4.89. The lowest BCUT2D eigenvalue weighted by Gasteiger charge is -2.06. The number of nitrogens with one attached hydrogen (secondary N) is 1. The largest absolute Gasteiger partial charge is 0.435 e. The molecule has 96 valence electrons. The highest BCUT2D eigenvalue weighted by Gasteiger charge is 2.32. The van der Waals surface area contributed by atoms with Crippen molar-refractivity contribution in [1.29, 1.82) is 0 Å². The Kier molecular flexibility index (Phi) is 3.46. The Balaban J connectivity index is 1.98. The van der Waals surface area contributed by atoms with Crippen molar-refractivity contribution in [2.75, 3.05) is 5.32 Å². The van der Waals surface area contributed by atoms with Crippen molar-refractivity contribution < 1.29 is 13.2 Å². The minimum atomic E-state index is -4.46. The lowest BCUT2D eigenvalue weighted by molar-refractivity contribution is -0.141. The van der Waals surface area contributed by atoms with Crippen LogP contribution in [0.3, 0.4) is 0 Å². The number of nitrogens with zero attached hydrogens (tertiary/aromatic N) is 3. The van der Waals surface area contributed by atoms with Gasteiger partial charge in [0.1, 0.15) is 5.82 Å². The number of hydrogen-bond acceptors (Lipinski definition) is 5. The zero-order valence-corrected chi connectivity index (χ0v) is 10.1. The van der Waals surface area contributed by atoms with E-state index in [1.54, 1.807) is 0 Å². The summed E-state index contributed by atoms with van der Waals surface area (Å²) in [4.78, 5) is 4.21. The van der Waals surface area contributed by atoms with Gasteiger partial charge in [0, 0.05) is 5.38 Å². The van der Waals surface area contributed by atoms with E-state index < -0.39 is 11.9 Å². The summed E-state index contributed by atoms with van der Waals surface area (Å²) in [6.45, 7) is 2.29. The molecule has 0 atom stereocenters. The third-order valence-corrected chi connectivity index (χ3v) is 2.89. The van der Waals surface area contributed by atoms with Crippen LogP contribution in [0.1, 0.15) is 16.4 Å². The Bertz CT molecular complexity index is 521. The van der Waals surface area contributed by atoms with Gasteiger partial charge >= 0.3 is 6.18 Å². The predicted octanol–water partition coefficient (Wildman–Crippen LogP) is 2.87. The van der Waals surface area contributed by atoms with Gasteiger partial charge in [-0.05, 0) is 19.1 Å². The fourth-order valence-corrected chi connectivity index (χ4v) is 1.86. The minimum Gasteiger partial charge on any atom is -0.363 e. The highest BCUT2D eigenvalue weighted by molar-refractivity contribution is 7.09. The summed E-state index contributed by atoms with van der Waals surface area (Å²) in [5, 5.41) is 12.2. The lowest BCUT2D eigenvalue weighted by atomic mass is 10.3. The minimum absolute atomic E-state index is 0.286. The smallest absolute Gasteiger partial charge is 0.363 e. The summed E-state index contributed by atoms with van der Waals surface area (Å²) >= 11 is 1.51. The molecule has 0 aliphatic rings. The summed E-state index contributed by atoms with van der Waals surface area (Å²) in [5.74, 6) is 0.286. The zero-order chi connectivity index (χ0) is 13.2. The van der Waals surface area contributed by atoms with Gasteiger partial charge in [0.25, 0.3) is 0 Å². The highest BCUT2D eigenvalue weighted by Crippen LogP contribution is 2.27. The molecule has 2 rings (SSSR count). The van der Waals surface area contributed by atoms with E-state index in [9.17, 15) is 13.2 Å². The summed E-state index contributed by atoms with van der Waals surface area (Å²) in [6.07, 6.45) is -4.46. The molecule has 2 aromatic heterocycles. The van der Waals surface area contributed by atoms with Crippen LogP contribution in [0.2, 0.25) is 0 Å². The van der Waals surface area contributed by atoms with E-state index in [0.29, 0.717) is 6.54 Å². The number of rotatable bonds is 3. The third-order valence-electron chi connectivity index (χ3n) is 2.07. The highest BCUT2D eigenvalue weighted by atomic mass is 32.1. The van der Waals surface area contributed by atoms with Gasteiger partial charge in [-0.15, -0.1) is 21.5 Å². The van der Waals surface area contributed by atoms with Gasteiger partial charge in [0.15, 0.2) is 5.69 Å². The molecule has 4 nitrogen and oxygen atoms in total. The quantitative estimate of drug-likeness (QED) is 0.935. The maximum atomic E-state index is 12.2. The Morgan fingerprint density at radius 2 is 2.06 bits per heavy atom. The monoisotopic (exact) mass is 274 g/mol. The van der Waals surface area contributed by atoms with Crippen molar-refractivity contribution >= 4 is 17.2 Å². The van der Waals surface area contributed by atoms with Crippen molar-refractivity contribution in [3.63, 3.8) is 0 Å². The van der Waals surface area contributed by atoms with Crippen molar-refractivity contribution in [3.05, 3.63) is 33.9 Å². The van der Waals surface area contributed by atoms with Crippen LogP contribution in [-0.2, 0) is 12.7 Å². The number of thiazole rings is 1. The molecule has 0 aliphatic carbocycles. The Hall–Kier alpha value is -1.70. The molecule has 0 bridgehead atoms. The van der Waals surface area contributed by atoms with E-state index in [-0.39, 0.29) is 5.82 Å². The van der Waals surface area contributed by atoms with Crippen LogP contribution in [0.5, 0.6) is 0 Å². The van der Waals surface area contributed by atoms with Crippen LogP contribution < -0.4 is 5.32 Å². The van der Waals surface area contributed by atoms with Gasteiger partial charge in [-0.3, -0.25) is 0 Å². The molecular weight excluding hydrogens is 265 g/mol. The molecule has 2 aromatic rings. The number of aryl methyl sites for hydroxylation is 1.